The lowest BCUT2D eigenvalue weighted by atomic mass is 9.88. The van der Waals surface area contributed by atoms with Gasteiger partial charge in [0.15, 0.2) is 5.78 Å². The molecule has 2 fully saturated rings. The van der Waals surface area contributed by atoms with Crippen molar-refractivity contribution >= 4 is 23.0 Å². The number of thiophene rings is 1. The summed E-state index contributed by atoms with van der Waals surface area (Å²) >= 11 is 1.47. The maximum Gasteiger partial charge on any atom is 0.223 e. The van der Waals surface area contributed by atoms with E-state index in [4.69, 9.17) is 0 Å². The molecule has 2 aliphatic rings. The highest BCUT2D eigenvalue weighted by molar-refractivity contribution is 7.12. The van der Waals surface area contributed by atoms with E-state index in [9.17, 15) is 9.59 Å². The average molecular weight is 348 g/mol. The topological polar surface area (TPSA) is 37.4 Å². The van der Waals surface area contributed by atoms with Crippen LogP contribution < -0.4 is 0 Å². The van der Waals surface area contributed by atoms with Crippen molar-refractivity contribution in [3.63, 3.8) is 0 Å². The lowest BCUT2D eigenvalue weighted by molar-refractivity contribution is -0.138. The van der Waals surface area contributed by atoms with E-state index in [1.807, 2.05) is 17.5 Å². The van der Waals surface area contributed by atoms with E-state index in [0.29, 0.717) is 24.9 Å². The predicted molar refractivity (Wildman–Crippen MR) is 98.5 cm³/mol. The normalized spacial score (nSPS) is 20.0. The quantitative estimate of drug-likeness (QED) is 0.663. The fourth-order valence-corrected chi connectivity index (χ4v) is 5.03. The van der Waals surface area contributed by atoms with E-state index in [0.717, 1.165) is 30.6 Å². The van der Waals surface area contributed by atoms with Crippen LogP contribution in [0.5, 0.6) is 0 Å². The molecule has 1 amide bonds. The molecule has 1 aromatic heterocycles. The summed E-state index contributed by atoms with van der Waals surface area (Å²) < 4.78 is 0. The largest absolute Gasteiger partial charge is 0.337 e. The minimum Gasteiger partial charge on any atom is -0.337 e. The van der Waals surface area contributed by atoms with Crippen molar-refractivity contribution in [2.75, 3.05) is 0 Å². The van der Waals surface area contributed by atoms with Crippen molar-refractivity contribution < 1.29 is 9.59 Å². The molecule has 24 heavy (non-hydrogen) atoms. The zero-order chi connectivity index (χ0) is 16.8. The van der Waals surface area contributed by atoms with Crippen molar-refractivity contribution in [3.05, 3.63) is 22.4 Å². The van der Waals surface area contributed by atoms with Gasteiger partial charge in [-0.3, -0.25) is 9.59 Å². The van der Waals surface area contributed by atoms with Crippen LogP contribution in [0.3, 0.4) is 0 Å². The molecule has 0 saturated heterocycles. The number of ketones is 1. The highest BCUT2D eigenvalue weighted by Crippen LogP contribution is 2.31. The first-order valence-corrected chi connectivity index (χ1v) is 10.5. The fourth-order valence-electron chi connectivity index (χ4n) is 4.33. The monoisotopic (exact) mass is 347 g/mol. The summed E-state index contributed by atoms with van der Waals surface area (Å²) in [6.07, 6.45) is 12.9. The third-order valence-corrected chi connectivity index (χ3v) is 6.50. The van der Waals surface area contributed by atoms with E-state index >= 15 is 0 Å². The van der Waals surface area contributed by atoms with Crippen LogP contribution in [0.15, 0.2) is 17.5 Å². The van der Waals surface area contributed by atoms with Gasteiger partial charge in [0.25, 0.3) is 0 Å². The summed E-state index contributed by atoms with van der Waals surface area (Å²) in [6, 6.07) is 4.60. The van der Waals surface area contributed by atoms with Gasteiger partial charge in [0.1, 0.15) is 0 Å². The highest BCUT2D eigenvalue weighted by atomic mass is 32.1. The van der Waals surface area contributed by atoms with Gasteiger partial charge in [-0.25, -0.2) is 0 Å². The molecular weight excluding hydrogens is 318 g/mol. The van der Waals surface area contributed by atoms with Crippen molar-refractivity contribution in [2.45, 2.75) is 89.1 Å². The summed E-state index contributed by atoms with van der Waals surface area (Å²) in [6.45, 7) is 0. The molecule has 0 unspecified atom stereocenters. The second-order valence-electron chi connectivity index (χ2n) is 7.29. The zero-order valence-corrected chi connectivity index (χ0v) is 15.4. The van der Waals surface area contributed by atoms with Crippen LogP contribution in [-0.4, -0.2) is 28.7 Å². The molecule has 132 valence electrons. The molecule has 0 N–H and O–H groups in total. The van der Waals surface area contributed by atoms with Gasteiger partial charge >= 0.3 is 0 Å². The Morgan fingerprint density at radius 2 is 1.50 bits per heavy atom. The number of hydrogen-bond donors (Lipinski definition) is 0. The molecule has 0 aromatic carbocycles. The van der Waals surface area contributed by atoms with Gasteiger partial charge in [-0.15, -0.1) is 11.3 Å². The minimum atomic E-state index is 0.116. The summed E-state index contributed by atoms with van der Waals surface area (Å²) in [5, 5.41) is 1.92. The van der Waals surface area contributed by atoms with Crippen molar-refractivity contribution in [1.29, 1.82) is 0 Å². The highest BCUT2D eigenvalue weighted by Gasteiger charge is 2.32. The van der Waals surface area contributed by atoms with Crippen molar-refractivity contribution in [1.82, 2.24) is 4.90 Å². The summed E-state index contributed by atoms with van der Waals surface area (Å²) in [5.41, 5.74) is 0. The number of rotatable bonds is 6. The van der Waals surface area contributed by atoms with Crippen LogP contribution in [0, 0.1) is 0 Å². The number of amides is 1. The lowest BCUT2D eigenvalue weighted by Gasteiger charge is -2.42. The van der Waals surface area contributed by atoms with Gasteiger partial charge in [-0.05, 0) is 37.1 Å². The Bertz CT molecular complexity index is 510. The van der Waals surface area contributed by atoms with E-state index < -0.39 is 0 Å². The molecule has 2 saturated carbocycles. The Balaban J connectivity index is 1.62. The fraction of sp³-hybridized carbons (Fsp3) is 0.700. The molecule has 0 bridgehead atoms. The summed E-state index contributed by atoms with van der Waals surface area (Å²) in [7, 11) is 0. The lowest BCUT2D eigenvalue weighted by Crippen LogP contribution is -2.48. The molecule has 0 radical (unpaired) electrons. The maximum absolute atomic E-state index is 13.0. The van der Waals surface area contributed by atoms with E-state index in [-0.39, 0.29) is 11.7 Å². The first-order valence-electron chi connectivity index (χ1n) is 9.63. The smallest absolute Gasteiger partial charge is 0.223 e. The first-order chi connectivity index (χ1) is 11.8. The van der Waals surface area contributed by atoms with Crippen molar-refractivity contribution in [2.24, 2.45) is 0 Å². The third kappa shape index (κ3) is 4.47. The first kappa shape index (κ1) is 17.7. The van der Waals surface area contributed by atoms with Gasteiger partial charge < -0.3 is 4.90 Å². The number of Topliss-reactive ketones (excluding diaryl/α,β-unsaturated/α-hetero) is 1. The molecule has 0 atom stereocenters. The van der Waals surface area contributed by atoms with Gasteiger partial charge in [-0.1, -0.05) is 44.6 Å². The van der Waals surface area contributed by atoms with Gasteiger partial charge in [0, 0.05) is 24.9 Å². The van der Waals surface area contributed by atoms with Crippen LogP contribution in [0.2, 0.25) is 0 Å². The van der Waals surface area contributed by atoms with Gasteiger partial charge in [0.2, 0.25) is 5.91 Å². The number of nitrogens with zero attached hydrogens (tertiary/aromatic N) is 1. The Hall–Kier alpha value is -1.16. The molecule has 0 spiro atoms. The molecule has 3 rings (SSSR count). The van der Waals surface area contributed by atoms with Crippen LogP contribution in [0.1, 0.15) is 86.7 Å². The van der Waals surface area contributed by atoms with Crippen molar-refractivity contribution in [3.8, 4) is 0 Å². The second kappa shape index (κ2) is 8.80. The number of hydrogen-bond acceptors (Lipinski definition) is 3. The Labute approximate surface area is 149 Å². The Kier molecular flexibility index (Phi) is 6.47. The molecule has 1 aromatic rings. The zero-order valence-electron chi connectivity index (χ0n) is 14.5. The predicted octanol–water partition coefficient (Wildman–Crippen LogP) is 5.21. The summed E-state index contributed by atoms with van der Waals surface area (Å²) in [4.78, 5) is 28.2. The molecule has 2 aliphatic carbocycles. The Morgan fingerprint density at radius 3 is 2.00 bits per heavy atom. The van der Waals surface area contributed by atoms with Crippen LogP contribution in [0.25, 0.3) is 0 Å². The summed E-state index contributed by atoms with van der Waals surface area (Å²) in [5.74, 6) is 0.337. The molecule has 0 aliphatic heterocycles. The van der Waals surface area contributed by atoms with Gasteiger partial charge in [0.05, 0.1) is 4.88 Å². The van der Waals surface area contributed by atoms with Crippen LogP contribution in [-0.2, 0) is 4.79 Å². The maximum atomic E-state index is 13.0. The van der Waals surface area contributed by atoms with E-state index in [1.165, 1.54) is 49.9 Å². The number of carbonyl (C=O) groups excluding carboxylic acids is 2. The van der Waals surface area contributed by atoms with E-state index in [1.54, 1.807) is 0 Å². The standard InChI is InChI=1S/C20H29NO2S/c22-18(19-12-7-15-24-19)13-14-20(23)21(16-8-3-1-4-9-16)17-10-5-2-6-11-17/h7,12,15-17H,1-6,8-11,13-14H2. The minimum absolute atomic E-state index is 0.116. The molecular formula is C20H29NO2S. The van der Waals surface area contributed by atoms with Crippen LogP contribution in [0.4, 0.5) is 0 Å². The third-order valence-electron chi connectivity index (χ3n) is 5.59. The molecule has 4 heteroatoms. The molecule has 3 nitrogen and oxygen atoms in total. The SMILES string of the molecule is O=C(CCC(=O)N(C1CCCCC1)C1CCCCC1)c1cccs1. The molecule has 1 heterocycles. The average Bonchev–Trinajstić information content (AvgIpc) is 3.16. The Morgan fingerprint density at radius 1 is 0.917 bits per heavy atom. The number of carbonyl (C=O) groups is 2. The van der Waals surface area contributed by atoms with Gasteiger partial charge in [-0.2, -0.15) is 0 Å². The second-order valence-corrected chi connectivity index (χ2v) is 8.23. The van der Waals surface area contributed by atoms with E-state index in [2.05, 4.69) is 4.90 Å². The van der Waals surface area contributed by atoms with Crippen LogP contribution >= 0.6 is 11.3 Å².